The van der Waals surface area contributed by atoms with E-state index in [4.69, 9.17) is 10.6 Å². The molecule has 1 unspecified atom stereocenters. The maximum atomic E-state index is 13.7. The van der Waals surface area contributed by atoms with Gasteiger partial charge >= 0.3 is 0 Å². The highest BCUT2D eigenvalue weighted by Gasteiger charge is 2.14. The molecule has 0 fully saturated rings. The van der Waals surface area contributed by atoms with Gasteiger partial charge in [0.15, 0.2) is 11.6 Å². The van der Waals surface area contributed by atoms with Gasteiger partial charge in [0.05, 0.1) is 13.2 Å². The van der Waals surface area contributed by atoms with Crippen LogP contribution in [0.4, 0.5) is 4.39 Å². The van der Waals surface area contributed by atoms with Crippen molar-refractivity contribution in [2.45, 2.75) is 19.4 Å². The molecule has 0 amide bonds. The van der Waals surface area contributed by atoms with E-state index < -0.39 is 0 Å². The third-order valence-corrected chi connectivity index (χ3v) is 4.01. The van der Waals surface area contributed by atoms with Crippen LogP contribution in [0.5, 0.6) is 5.75 Å². The van der Waals surface area contributed by atoms with E-state index >= 15 is 0 Å². The second kappa shape index (κ2) is 6.14. The first kappa shape index (κ1) is 14.0. The summed E-state index contributed by atoms with van der Waals surface area (Å²) >= 11 is 1.64. The quantitative estimate of drug-likeness (QED) is 0.654. The van der Waals surface area contributed by atoms with Gasteiger partial charge in [0.1, 0.15) is 0 Å². The van der Waals surface area contributed by atoms with Crippen LogP contribution in [0, 0.1) is 12.7 Å². The van der Waals surface area contributed by atoms with Gasteiger partial charge in [-0.25, -0.2) is 4.39 Å². The van der Waals surface area contributed by atoms with Crippen LogP contribution in [0.1, 0.15) is 22.7 Å². The van der Waals surface area contributed by atoms with Gasteiger partial charge in [-0.05, 0) is 52.9 Å². The molecule has 19 heavy (non-hydrogen) atoms. The lowest BCUT2D eigenvalue weighted by atomic mass is 9.99. The molecule has 1 aromatic carbocycles. The van der Waals surface area contributed by atoms with Crippen molar-refractivity contribution < 1.29 is 9.13 Å². The summed E-state index contributed by atoms with van der Waals surface area (Å²) in [5, 5.41) is 4.15. The Morgan fingerprint density at radius 3 is 2.74 bits per heavy atom. The minimum atomic E-state index is -0.349. The number of halogens is 1. The molecule has 0 saturated heterocycles. The van der Waals surface area contributed by atoms with Crippen LogP contribution >= 0.6 is 11.3 Å². The zero-order valence-corrected chi connectivity index (χ0v) is 11.8. The highest BCUT2D eigenvalue weighted by molar-refractivity contribution is 7.08. The summed E-state index contributed by atoms with van der Waals surface area (Å²) in [7, 11) is 1.46. The number of rotatable bonds is 5. The SMILES string of the molecule is COc1ccc(CC(NN)c2cscc2C)cc1F. The first-order chi connectivity index (χ1) is 9.15. The van der Waals surface area contributed by atoms with E-state index in [0.717, 1.165) is 11.1 Å². The molecule has 3 nitrogen and oxygen atoms in total. The molecule has 0 bridgehead atoms. The lowest BCUT2D eigenvalue weighted by Gasteiger charge is -2.16. The second-order valence-corrected chi connectivity index (χ2v) is 5.15. The van der Waals surface area contributed by atoms with Crippen molar-refractivity contribution >= 4 is 11.3 Å². The number of hydrogen-bond donors (Lipinski definition) is 2. The zero-order valence-electron chi connectivity index (χ0n) is 10.9. The summed E-state index contributed by atoms with van der Waals surface area (Å²) < 4.78 is 18.6. The standard InChI is InChI=1S/C14H17FN2OS/c1-9-7-19-8-11(9)13(17-16)6-10-3-4-14(18-2)12(15)5-10/h3-5,7-8,13,17H,6,16H2,1-2H3. The number of nitrogens with two attached hydrogens (primary N) is 1. The van der Waals surface area contributed by atoms with E-state index in [-0.39, 0.29) is 17.6 Å². The van der Waals surface area contributed by atoms with Crippen molar-refractivity contribution in [3.05, 3.63) is 51.5 Å². The van der Waals surface area contributed by atoms with Crippen LogP contribution in [0.25, 0.3) is 0 Å². The van der Waals surface area contributed by atoms with Gasteiger partial charge in [-0.1, -0.05) is 6.07 Å². The Hall–Kier alpha value is -1.43. The van der Waals surface area contributed by atoms with Gasteiger partial charge in [0, 0.05) is 0 Å². The molecule has 102 valence electrons. The molecule has 1 heterocycles. The Bertz CT molecular complexity index is 556. The van der Waals surface area contributed by atoms with E-state index in [2.05, 4.69) is 16.2 Å². The van der Waals surface area contributed by atoms with Gasteiger partial charge in [-0.3, -0.25) is 11.3 Å². The van der Waals surface area contributed by atoms with E-state index in [1.54, 1.807) is 17.4 Å². The van der Waals surface area contributed by atoms with Crippen molar-refractivity contribution in [3.8, 4) is 5.75 Å². The second-order valence-electron chi connectivity index (χ2n) is 4.40. The molecule has 5 heteroatoms. The fourth-order valence-electron chi connectivity index (χ4n) is 2.06. The van der Waals surface area contributed by atoms with Gasteiger partial charge < -0.3 is 4.74 Å². The molecule has 1 aromatic heterocycles. The molecule has 0 aliphatic rings. The van der Waals surface area contributed by atoms with Crippen molar-refractivity contribution in [3.63, 3.8) is 0 Å². The Kier molecular flexibility index (Phi) is 4.52. The van der Waals surface area contributed by atoms with Crippen LogP contribution in [-0.4, -0.2) is 7.11 Å². The molecular formula is C14H17FN2OS. The van der Waals surface area contributed by atoms with E-state index in [1.165, 1.54) is 18.7 Å². The molecule has 3 N–H and O–H groups in total. The van der Waals surface area contributed by atoms with Gasteiger partial charge in [0.2, 0.25) is 0 Å². The Balaban J connectivity index is 2.19. The predicted octanol–water partition coefficient (Wildman–Crippen LogP) is 2.95. The highest BCUT2D eigenvalue weighted by atomic mass is 32.1. The average Bonchev–Trinajstić information content (AvgIpc) is 2.82. The maximum Gasteiger partial charge on any atom is 0.165 e. The number of hydrogen-bond acceptors (Lipinski definition) is 4. The third-order valence-electron chi connectivity index (χ3n) is 3.13. The molecule has 2 aromatic rings. The van der Waals surface area contributed by atoms with Crippen LogP contribution in [0.15, 0.2) is 29.0 Å². The summed E-state index contributed by atoms with van der Waals surface area (Å²) in [4.78, 5) is 0. The predicted molar refractivity (Wildman–Crippen MR) is 75.8 cm³/mol. The van der Waals surface area contributed by atoms with Crippen molar-refractivity contribution in [1.29, 1.82) is 0 Å². The van der Waals surface area contributed by atoms with Crippen LogP contribution in [0.2, 0.25) is 0 Å². The molecule has 0 radical (unpaired) electrons. The first-order valence-electron chi connectivity index (χ1n) is 5.97. The van der Waals surface area contributed by atoms with Gasteiger partial charge in [0.25, 0.3) is 0 Å². The Morgan fingerprint density at radius 1 is 1.42 bits per heavy atom. The van der Waals surface area contributed by atoms with E-state index in [1.807, 2.05) is 13.0 Å². The summed E-state index contributed by atoms with van der Waals surface area (Å²) in [6.07, 6.45) is 0.634. The molecule has 1 atom stereocenters. The summed E-state index contributed by atoms with van der Waals surface area (Å²) in [6, 6.07) is 4.97. The fourth-order valence-corrected chi connectivity index (χ4v) is 2.96. The number of thiophene rings is 1. The molecule has 0 saturated carbocycles. The van der Waals surface area contributed by atoms with Crippen molar-refractivity contribution in [1.82, 2.24) is 5.43 Å². The number of hydrazine groups is 1. The topological polar surface area (TPSA) is 47.3 Å². The minimum Gasteiger partial charge on any atom is -0.494 e. The summed E-state index contributed by atoms with van der Waals surface area (Å²) in [5.41, 5.74) is 6.03. The fraction of sp³-hybridized carbons (Fsp3) is 0.286. The average molecular weight is 280 g/mol. The molecular weight excluding hydrogens is 263 g/mol. The van der Waals surface area contributed by atoms with Crippen LogP contribution < -0.4 is 16.0 Å². The van der Waals surface area contributed by atoms with E-state index in [9.17, 15) is 4.39 Å². The lowest BCUT2D eigenvalue weighted by molar-refractivity contribution is 0.386. The minimum absolute atomic E-state index is 0.0148. The Labute approximate surface area is 116 Å². The Morgan fingerprint density at radius 2 is 2.21 bits per heavy atom. The van der Waals surface area contributed by atoms with Gasteiger partial charge in [-0.2, -0.15) is 11.3 Å². The monoisotopic (exact) mass is 280 g/mol. The molecule has 0 aliphatic carbocycles. The highest BCUT2D eigenvalue weighted by Crippen LogP contribution is 2.26. The van der Waals surface area contributed by atoms with Gasteiger partial charge in [-0.15, -0.1) is 0 Å². The summed E-state index contributed by atoms with van der Waals surface area (Å²) in [5.74, 6) is 5.52. The summed E-state index contributed by atoms with van der Waals surface area (Å²) in [6.45, 7) is 2.05. The largest absolute Gasteiger partial charge is 0.494 e. The van der Waals surface area contributed by atoms with Crippen LogP contribution in [-0.2, 0) is 6.42 Å². The number of nitrogens with one attached hydrogen (secondary N) is 1. The maximum absolute atomic E-state index is 13.7. The molecule has 0 spiro atoms. The number of benzene rings is 1. The van der Waals surface area contributed by atoms with Crippen molar-refractivity contribution in [2.75, 3.05) is 7.11 Å². The zero-order chi connectivity index (χ0) is 13.8. The molecule has 2 rings (SSSR count). The van der Waals surface area contributed by atoms with Crippen LogP contribution in [0.3, 0.4) is 0 Å². The van der Waals surface area contributed by atoms with Crippen molar-refractivity contribution in [2.24, 2.45) is 5.84 Å². The lowest BCUT2D eigenvalue weighted by Crippen LogP contribution is -2.29. The normalized spacial score (nSPS) is 12.4. The number of methoxy groups -OCH3 is 1. The third kappa shape index (κ3) is 3.12. The number of aryl methyl sites for hydroxylation is 1. The molecule has 0 aliphatic heterocycles. The van der Waals surface area contributed by atoms with E-state index in [0.29, 0.717) is 6.42 Å². The smallest absolute Gasteiger partial charge is 0.165 e. The number of ether oxygens (including phenoxy) is 1. The first-order valence-corrected chi connectivity index (χ1v) is 6.91.